The molecule has 2 rings (SSSR count). The van der Waals surface area contributed by atoms with Crippen molar-refractivity contribution < 1.29 is 22.3 Å². The SMILES string of the molecule is CCCCCN(Cc1ccc(F)cc1)C(=O)c1ccc(S(=O)(=O)NCCOC)cc1. The molecule has 1 N–H and O–H groups in total. The summed E-state index contributed by atoms with van der Waals surface area (Å²) in [6.45, 7) is 3.46. The minimum atomic E-state index is -3.66. The van der Waals surface area contributed by atoms with E-state index in [1.165, 1.54) is 43.5 Å². The third kappa shape index (κ3) is 7.19. The van der Waals surface area contributed by atoms with Crippen LogP contribution in [-0.2, 0) is 21.3 Å². The standard InChI is InChI=1S/C22H29FN2O4S/c1-3-4-5-15-25(17-18-6-10-20(23)11-7-18)22(26)19-8-12-21(13-9-19)30(27,28)24-14-16-29-2/h6-13,24H,3-5,14-17H2,1-2H3. The summed E-state index contributed by atoms with van der Waals surface area (Å²) in [4.78, 5) is 14.9. The van der Waals surface area contributed by atoms with Gasteiger partial charge in [0.15, 0.2) is 0 Å². The maximum atomic E-state index is 13.2. The lowest BCUT2D eigenvalue weighted by molar-refractivity contribution is 0.0740. The van der Waals surface area contributed by atoms with E-state index in [1.807, 2.05) is 0 Å². The first kappa shape index (κ1) is 24.0. The van der Waals surface area contributed by atoms with Gasteiger partial charge in [-0.2, -0.15) is 0 Å². The average Bonchev–Trinajstić information content (AvgIpc) is 2.74. The van der Waals surface area contributed by atoms with Gasteiger partial charge in [-0.3, -0.25) is 4.79 Å². The van der Waals surface area contributed by atoms with Gasteiger partial charge in [-0.1, -0.05) is 31.9 Å². The number of methoxy groups -OCH3 is 1. The van der Waals surface area contributed by atoms with Crippen LogP contribution in [0.1, 0.15) is 42.1 Å². The molecule has 0 aliphatic carbocycles. The lowest BCUT2D eigenvalue weighted by atomic mass is 10.1. The number of carbonyl (C=O) groups excluding carboxylic acids is 1. The molecule has 1 amide bonds. The summed E-state index contributed by atoms with van der Waals surface area (Å²) in [6, 6.07) is 12.0. The largest absolute Gasteiger partial charge is 0.383 e. The van der Waals surface area contributed by atoms with Gasteiger partial charge in [0, 0.05) is 32.3 Å². The second kappa shape index (κ2) is 11.8. The quantitative estimate of drug-likeness (QED) is 0.516. The normalized spacial score (nSPS) is 11.4. The fraction of sp³-hybridized carbons (Fsp3) is 0.409. The molecular weight excluding hydrogens is 407 g/mol. The van der Waals surface area contributed by atoms with Gasteiger partial charge in [0.25, 0.3) is 5.91 Å². The molecule has 0 aliphatic rings. The van der Waals surface area contributed by atoms with E-state index < -0.39 is 10.0 Å². The molecule has 30 heavy (non-hydrogen) atoms. The molecule has 0 spiro atoms. The topological polar surface area (TPSA) is 75.7 Å². The maximum absolute atomic E-state index is 13.2. The Bertz CT molecular complexity index is 900. The zero-order valence-electron chi connectivity index (χ0n) is 17.4. The zero-order valence-corrected chi connectivity index (χ0v) is 18.3. The minimum absolute atomic E-state index is 0.0891. The molecule has 0 unspecified atom stereocenters. The highest BCUT2D eigenvalue weighted by Crippen LogP contribution is 2.15. The van der Waals surface area contributed by atoms with E-state index >= 15 is 0 Å². The highest BCUT2D eigenvalue weighted by atomic mass is 32.2. The number of rotatable bonds is 12. The van der Waals surface area contributed by atoms with Gasteiger partial charge in [-0.15, -0.1) is 0 Å². The Balaban J connectivity index is 2.14. The molecule has 0 heterocycles. The first-order chi connectivity index (χ1) is 14.4. The Kier molecular flexibility index (Phi) is 9.42. The van der Waals surface area contributed by atoms with Crippen molar-refractivity contribution in [2.75, 3.05) is 26.8 Å². The van der Waals surface area contributed by atoms with Crippen molar-refractivity contribution in [2.45, 2.75) is 37.6 Å². The van der Waals surface area contributed by atoms with Crippen LogP contribution < -0.4 is 4.72 Å². The van der Waals surface area contributed by atoms with Crippen LogP contribution in [0.3, 0.4) is 0 Å². The maximum Gasteiger partial charge on any atom is 0.254 e. The van der Waals surface area contributed by atoms with Crippen molar-refractivity contribution in [3.8, 4) is 0 Å². The Morgan fingerprint density at radius 2 is 1.73 bits per heavy atom. The lowest BCUT2D eigenvalue weighted by Crippen LogP contribution is -2.31. The molecule has 0 fully saturated rings. The van der Waals surface area contributed by atoms with Crippen molar-refractivity contribution in [1.82, 2.24) is 9.62 Å². The molecule has 8 heteroatoms. The Morgan fingerprint density at radius 1 is 1.07 bits per heavy atom. The number of nitrogens with zero attached hydrogens (tertiary/aromatic N) is 1. The molecule has 0 bridgehead atoms. The van der Waals surface area contributed by atoms with Crippen LogP contribution in [0.4, 0.5) is 4.39 Å². The van der Waals surface area contributed by atoms with Crippen LogP contribution in [0.5, 0.6) is 0 Å². The molecule has 2 aromatic carbocycles. The number of sulfonamides is 1. The number of nitrogens with one attached hydrogen (secondary N) is 1. The third-order valence-electron chi connectivity index (χ3n) is 4.62. The van der Waals surface area contributed by atoms with Crippen molar-refractivity contribution in [1.29, 1.82) is 0 Å². The average molecular weight is 437 g/mol. The molecule has 0 aromatic heterocycles. The predicted molar refractivity (Wildman–Crippen MR) is 114 cm³/mol. The van der Waals surface area contributed by atoms with E-state index in [2.05, 4.69) is 11.6 Å². The number of carbonyl (C=O) groups is 1. The monoisotopic (exact) mass is 436 g/mol. The van der Waals surface area contributed by atoms with Crippen molar-refractivity contribution in [3.05, 3.63) is 65.5 Å². The smallest absolute Gasteiger partial charge is 0.254 e. The molecule has 164 valence electrons. The van der Waals surface area contributed by atoms with Gasteiger partial charge in [0.2, 0.25) is 10.0 Å². The van der Waals surface area contributed by atoms with Crippen LogP contribution in [0.25, 0.3) is 0 Å². The fourth-order valence-electron chi connectivity index (χ4n) is 2.94. The van der Waals surface area contributed by atoms with Crippen molar-refractivity contribution in [3.63, 3.8) is 0 Å². The Hall–Kier alpha value is -2.29. The summed E-state index contributed by atoms with van der Waals surface area (Å²) in [5, 5.41) is 0. The van der Waals surface area contributed by atoms with Gasteiger partial charge in [0.1, 0.15) is 5.82 Å². The van der Waals surface area contributed by atoms with E-state index in [1.54, 1.807) is 17.0 Å². The minimum Gasteiger partial charge on any atom is -0.383 e. The zero-order chi connectivity index (χ0) is 22.0. The summed E-state index contributed by atoms with van der Waals surface area (Å²) in [5.41, 5.74) is 1.24. The van der Waals surface area contributed by atoms with Crippen LogP contribution in [-0.4, -0.2) is 46.0 Å². The number of benzene rings is 2. The van der Waals surface area contributed by atoms with E-state index in [9.17, 15) is 17.6 Å². The predicted octanol–water partition coefficient (Wildman–Crippen LogP) is 3.58. The second-order valence-corrected chi connectivity index (χ2v) is 8.74. The molecule has 0 aliphatic heterocycles. The van der Waals surface area contributed by atoms with Gasteiger partial charge < -0.3 is 9.64 Å². The molecule has 0 saturated carbocycles. The molecule has 0 saturated heterocycles. The van der Waals surface area contributed by atoms with Gasteiger partial charge >= 0.3 is 0 Å². The number of hydrogen-bond donors (Lipinski definition) is 1. The number of halogens is 1. The number of amides is 1. The molecular formula is C22H29FN2O4S. The van der Waals surface area contributed by atoms with Crippen LogP contribution >= 0.6 is 0 Å². The number of hydrogen-bond acceptors (Lipinski definition) is 4. The highest BCUT2D eigenvalue weighted by molar-refractivity contribution is 7.89. The second-order valence-electron chi connectivity index (χ2n) is 6.98. The summed E-state index contributed by atoms with van der Waals surface area (Å²) in [7, 11) is -2.16. The summed E-state index contributed by atoms with van der Waals surface area (Å²) < 4.78 is 45.0. The van der Waals surface area contributed by atoms with E-state index in [0.717, 1.165) is 24.8 Å². The first-order valence-electron chi connectivity index (χ1n) is 9.99. The highest BCUT2D eigenvalue weighted by Gasteiger charge is 2.18. The number of ether oxygens (including phenoxy) is 1. The van der Waals surface area contributed by atoms with E-state index in [0.29, 0.717) is 18.7 Å². The van der Waals surface area contributed by atoms with Crippen LogP contribution in [0, 0.1) is 5.82 Å². The van der Waals surface area contributed by atoms with Gasteiger partial charge in [0.05, 0.1) is 11.5 Å². The van der Waals surface area contributed by atoms with Crippen LogP contribution in [0.2, 0.25) is 0 Å². The van der Waals surface area contributed by atoms with Crippen LogP contribution in [0.15, 0.2) is 53.4 Å². The first-order valence-corrected chi connectivity index (χ1v) is 11.5. The molecule has 0 atom stereocenters. The molecule has 0 radical (unpaired) electrons. The molecule has 2 aromatic rings. The summed E-state index contributed by atoms with van der Waals surface area (Å²) in [6.07, 6.45) is 2.89. The Labute approximate surface area is 178 Å². The van der Waals surface area contributed by atoms with Crippen molar-refractivity contribution in [2.24, 2.45) is 0 Å². The van der Waals surface area contributed by atoms with Gasteiger partial charge in [-0.25, -0.2) is 17.5 Å². The van der Waals surface area contributed by atoms with E-state index in [4.69, 9.17) is 4.74 Å². The fourth-order valence-corrected chi connectivity index (χ4v) is 3.95. The van der Waals surface area contributed by atoms with Crippen molar-refractivity contribution >= 4 is 15.9 Å². The van der Waals surface area contributed by atoms with Gasteiger partial charge in [-0.05, 0) is 48.4 Å². The summed E-state index contributed by atoms with van der Waals surface area (Å²) >= 11 is 0. The Morgan fingerprint density at radius 3 is 2.33 bits per heavy atom. The third-order valence-corrected chi connectivity index (χ3v) is 6.09. The summed E-state index contributed by atoms with van der Waals surface area (Å²) in [5.74, 6) is -0.509. The lowest BCUT2D eigenvalue weighted by Gasteiger charge is -2.23. The number of unbranched alkanes of at least 4 members (excludes halogenated alkanes) is 2. The molecule has 6 nitrogen and oxygen atoms in total. The van der Waals surface area contributed by atoms with E-state index in [-0.39, 0.29) is 29.8 Å².